The van der Waals surface area contributed by atoms with Crippen LogP contribution in [0.3, 0.4) is 0 Å². The Labute approximate surface area is 128 Å². The first-order valence-electron chi connectivity index (χ1n) is 8.30. The highest BCUT2D eigenvalue weighted by molar-refractivity contribution is 5.64. The van der Waals surface area contributed by atoms with Crippen molar-refractivity contribution in [3.63, 3.8) is 0 Å². The van der Waals surface area contributed by atoms with Crippen LogP contribution in [-0.2, 0) is 12.0 Å². The molecule has 1 aliphatic rings. The summed E-state index contributed by atoms with van der Waals surface area (Å²) in [7, 11) is 0. The third-order valence-corrected chi connectivity index (χ3v) is 5.11. The predicted octanol–water partition coefficient (Wildman–Crippen LogP) is 4.80. The van der Waals surface area contributed by atoms with Gasteiger partial charge in [0.1, 0.15) is 0 Å². The Morgan fingerprint density at radius 2 is 1.90 bits per heavy atom. The number of hydrogen-bond donors (Lipinski definition) is 0. The SMILES string of the molecule is CCCCC1(CC)C[n+]2cc(C)ccc2-c2ccccc21. The van der Waals surface area contributed by atoms with E-state index in [1.165, 1.54) is 42.5 Å². The van der Waals surface area contributed by atoms with Gasteiger partial charge in [0, 0.05) is 11.6 Å². The maximum Gasteiger partial charge on any atom is 0.212 e. The smallest absolute Gasteiger partial charge is 0.197 e. The Balaban J connectivity index is 2.18. The molecule has 2 aromatic rings. The molecule has 110 valence electrons. The molecule has 1 atom stereocenters. The van der Waals surface area contributed by atoms with Crippen LogP contribution in [0, 0.1) is 6.92 Å². The summed E-state index contributed by atoms with van der Waals surface area (Å²) in [6.45, 7) is 7.96. The lowest BCUT2D eigenvalue weighted by atomic mass is 9.70. The van der Waals surface area contributed by atoms with Gasteiger partial charge in [-0.25, -0.2) is 0 Å². The molecule has 0 saturated carbocycles. The first kappa shape index (κ1) is 14.3. The van der Waals surface area contributed by atoms with Gasteiger partial charge in [-0.2, -0.15) is 4.57 Å². The Morgan fingerprint density at radius 1 is 1.10 bits per heavy atom. The zero-order chi connectivity index (χ0) is 14.9. The average Bonchev–Trinajstić information content (AvgIpc) is 2.52. The molecule has 1 aromatic carbocycles. The molecule has 2 heterocycles. The summed E-state index contributed by atoms with van der Waals surface area (Å²) >= 11 is 0. The van der Waals surface area contributed by atoms with Crippen molar-refractivity contribution in [3.8, 4) is 11.3 Å². The topological polar surface area (TPSA) is 3.88 Å². The molecule has 1 aliphatic heterocycles. The molecule has 0 aliphatic carbocycles. The number of pyridine rings is 1. The standard InChI is InChI=1S/C20H26N/c1-4-6-13-20(5-2)15-21-14-16(3)11-12-19(21)17-9-7-8-10-18(17)20/h7-12,14H,4-6,13,15H2,1-3H3/q+1. The van der Waals surface area contributed by atoms with E-state index in [1.54, 1.807) is 5.56 Å². The maximum atomic E-state index is 2.48. The van der Waals surface area contributed by atoms with Gasteiger partial charge in [-0.15, -0.1) is 0 Å². The summed E-state index contributed by atoms with van der Waals surface area (Å²) in [6, 6.07) is 13.6. The lowest BCUT2D eigenvalue weighted by molar-refractivity contribution is -0.697. The van der Waals surface area contributed by atoms with E-state index in [2.05, 4.69) is 67.9 Å². The molecule has 1 heteroatoms. The van der Waals surface area contributed by atoms with Crippen LogP contribution >= 0.6 is 0 Å². The number of nitrogens with zero attached hydrogens (tertiary/aromatic N) is 1. The Kier molecular flexibility index (Phi) is 3.84. The van der Waals surface area contributed by atoms with E-state index in [1.807, 2.05) is 0 Å². The molecular weight excluding hydrogens is 254 g/mol. The van der Waals surface area contributed by atoms with Gasteiger partial charge in [-0.1, -0.05) is 44.9 Å². The largest absolute Gasteiger partial charge is 0.212 e. The van der Waals surface area contributed by atoms with Crippen molar-refractivity contribution < 1.29 is 4.57 Å². The fraction of sp³-hybridized carbons (Fsp3) is 0.450. The minimum absolute atomic E-state index is 0.304. The van der Waals surface area contributed by atoms with Gasteiger partial charge in [0.15, 0.2) is 12.7 Å². The van der Waals surface area contributed by atoms with Crippen molar-refractivity contribution in [1.29, 1.82) is 0 Å². The van der Waals surface area contributed by atoms with Gasteiger partial charge in [0.25, 0.3) is 0 Å². The van der Waals surface area contributed by atoms with E-state index in [0.29, 0.717) is 5.41 Å². The van der Waals surface area contributed by atoms with Crippen LogP contribution in [0.2, 0.25) is 0 Å². The summed E-state index contributed by atoms with van der Waals surface area (Å²) in [6.07, 6.45) is 7.41. The summed E-state index contributed by atoms with van der Waals surface area (Å²) in [5.41, 5.74) is 6.01. The molecule has 0 bridgehead atoms. The molecule has 1 nitrogen and oxygen atoms in total. The highest BCUT2D eigenvalue weighted by Gasteiger charge is 2.41. The van der Waals surface area contributed by atoms with Gasteiger partial charge in [-0.3, -0.25) is 0 Å². The normalized spacial score (nSPS) is 20.0. The number of benzene rings is 1. The molecule has 0 saturated heterocycles. The second kappa shape index (κ2) is 5.63. The first-order chi connectivity index (χ1) is 10.2. The van der Waals surface area contributed by atoms with Crippen LogP contribution in [0.25, 0.3) is 11.3 Å². The lowest BCUT2D eigenvalue weighted by Crippen LogP contribution is -2.51. The van der Waals surface area contributed by atoms with E-state index in [4.69, 9.17) is 0 Å². The minimum Gasteiger partial charge on any atom is -0.197 e. The number of rotatable bonds is 4. The molecule has 0 amide bonds. The van der Waals surface area contributed by atoms with Crippen LogP contribution in [0.5, 0.6) is 0 Å². The van der Waals surface area contributed by atoms with Gasteiger partial charge in [-0.05, 0) is 37.5 Å². The molecule has 1 unspecified atom stereocenters. The van der Waals surface area contributed by atoms with Crippen LogP contribution in [-0.4, -0.2) is 0 Å². The van der Waals surface area contributed by atoms with Gasteiger partial charge in [0.2, 0.25) is 5.69 Å². The highest BCUT2D eigenvalue weighted by Crippen LogP contribution is 2.42. The van der Waals surface area contributed by atoms with Crippen LogP contribution in [0.1, 0.15) is 50.7 Å². The first-order valence-corrected chi connectivity index (χ1v) is 8.30. The zero-order valence-corrected chi connectivity index (χ0v) is 13.5. The van der Waals surface area contributed by atoms with Crippen molar-refractivity contribution in [2.75, 3.05) is 0 Å². The number of aryl methyl sites for hydroxylation is 1. The third-order valence-electron chi connectivity index (χ3n) is 5.11. The monoisotopic (exact) mass is 280 g/mol. The van der Waals surface area contributed by atoms with E-state index in [-0.39, 0.29) is 0 Å². The van der Waals surface area contributed by atoms with Crippen molar-refractivity contribution in [1.82, 2.24) is 0 Å². The second-order valence-corrected chi connectivity index (χ2v) is 6.50. The Morgan fingerprint density at radius 3 is 2.67 bits per heavy atom. The Bertz CT molecular complexity index is 644. The molecule has 0 spiro atoms. The third kappa shape index (κ3) is 2.39. The van der Waals surface area contributed by atoms with E-state index in [9.17, 15) is 0 Å². The molecule has 0 N–H and O–H groups in total. The molecule has 1 aromatic heterocycles. The molecule has 0 radical (unpaired) electrons. The summed E-state index contributed by atoms with van der Waals surface area (Å²) in [5, 5.41) is 0. The molecular formula is C20H26N+. The van der Waals surface area contributed by atoms with Gasteiger partial charge in [0.05, 0.1) is 11.0 Å². The van der Waals surface area contributed by atoms with Crippen LogP contribution in [0.15, 0.2) is 42.6 Å². The Hall–Kier alpha value is -1.63. The van der Waals surface area contributed by atoms with Gasteiger partial charge >= 0.3 is 0 Å². The maximum absolute atomic E-state index is 2.48. The van der Waals surface area contributed by atoms with Crippen LogP contribution < -0.4 is 4.57 Å². The summed E-state index contributed by atoms with van der Waals surface area (Å²) < 4.78 is 2.48. The quantitative estimate of drug-likeness (QED) is 0.708. The van der Waals surface area contributed by atoms with Crippen molar-refractivity contribution in [2.45, 2.75) is 58.4 Å². The number of fused-ring (bicyclic) bond motifs is 3. The minimum atomic E-state index is 0.304. The zero-order valence-electron chi connectivity index (χ0n) is 13.5. The van der Waals surface area contributed by atoms with Crippen molar-refractivity contribution in [3.05, 3.63) is 53.7 Å². The summed E-state index contributed by atoms with van der Waals surface area (Å²) in [5.74, 6) is 0. The number of unbranched alkanes of at least 4 members (excludes halogenated alkanes) is 1. The van der Waals surface area contributed by atoms with Crippen LogP contribution in [0.4, 0.5) is 0 Å². The summed E-state index contributed by atoms with van der Waals surface area (Å²) in [4.78, 5) is 0. The highest BCUT2D eigenvalue weighted by atomic mass is 15.0. The average molecular weight is 280 g/mol. The molecule has 0 fully saturated rings. The number of hydrogen-bond acceptors (Lipinski definition) is 0. The molecule has 21 heavy (non-hydrogen) atoms. The second-order valence-electron chi connectivity index (χ2n) is 6.50. The lowest BCUT2D eigenvalue weighted by Gasteiger charge is -2.35. The van der Waals surface area contributed by atoms with Gasteiger partial charge < -0.3 is 0 Å². The van der Waals surface area contributed by atoms with E-state index < -0.39 is 0 Å². The van der Waals surface area contributed by atoms with E-state index in [0.717, 1.165) is 6.54 Å². The molecule has 3 rings (SSSR count). The fourth-order valence-corrected chi connectivity index (χ4v) is 3.83. The van der Waals surface area contributed by atoms with Crippen molar-refractivity contribution in [2.24, 2.45) is 0 Å². The fourth-order valence-electron chi connectivity index (χ4n) is 3.83. The van der Waals surface area contributed by atoms with E-state index >= 15 is 0 Å². The number of aromatic nitrogens is 1. The van der Waals surface area contributed by atoms with Crippen molar-refractivity contribution >= 4 is 0 Å². The predicted molar refractivity (Wildman–Crippen MR) is 88.3 cm³/mol.